The van der Waals surface area contributed by atoms with Gasteiger partial charge in [0.2, 0.25) is 5.91 Å². The summed E-state index contributed by atoms with van der Waals surface area (Å²) in [6.07, 6.45) is 2.71. The van der Waals surface area contributed by atoms with Crippen molar-refractivity contribution < 1.29 is 13.9 Å². The fourth-order valence-electron chi connectivity index (χ4n) is 2.65. The van der Waals surface area contributed by atoms with Crippen LogP contribution in [0.25, 0.3) is 0 Å². The van der Waals surface area contributed by atoms with Gasteiger partial charge in [0.1, 0.15) is 0 Å². The minimum Gasteiger partial charge on any atom is -0.491 e. The largest absolute Gasteiger partial charge is 0.491 e. The highest BCUT2D eigenvalue weighted by Gasteiger charge is 2.23. The Bertz CT molecular complexity index is 493. The van der Waals surface area contributed by atoms with Crippen molar-refractivity contribution in [2.75, 3.05) is 18.5 Å². The molecule has 2 atom stereocenters. The van der Waals surface area contributed by atoms with Crippen LogP contribution in [-0.2, 0) is 4.79 Å². The predicted molar refractivity (Wildman–Crippen MR) is 81.0 cm³/mol. The molecular weight excluding hydrogens is 271 g/mol. The molecule has 4 nitrogen and oxygen atoms in total. The molecule has 5 heteroatoms. The number of carbonyl (C=O) groups is 1. The summed E-state index contributed by atoms with van der Waals surface area (Å²) >= 11 is 0. The van der Waals surface area contributed by atoms with Gasteiger partial charge in [-0.15, -0.1) is 0 Å². The van der Waals surface area contributed by atoms with Crippen molar-refractivity contribution in [1.29, 1.82) is 0 Å². The van der Waals surface area contributed by atoms with E-state index in [0.29, 0.717) is 24.6 Å². The molecule has 1 fully saturated rings. The highest BCUT2D eigenvalue weighted by atomic mass is 19.1. The normalized spacial score (nSPS) is 21.9. The number of piperidine rings is 1. The van der Waals surface area contributed by atoms with E-state index in [1.54, 1.807) is 13.0 Å². The SMILES string of the molecule is CCOc1ccc(NC(=O)CC2NCCCC2C)cc1F. The molecule has 0 saturated carbocycles. The first-order valence-corrected chi connectivity index (χ1v) is 7.55. The third-order valence-corrected chi connectivity index (χ3v) is 3.85. The standard InChI is InChI=1S/C16H23FN2O2/c1-3-21-15-7-6-12(9-13(15)17)19-16(20)10-14-11(2)5-4-8-18-14/h6-7,9,11,14,18H,3-5,8,10H2,1-2H3,(H,19,20). The summed E-state index contributed by atoms with van der Waals surface area (Å²) in [6, 6.07) is 4.69. The highest BCUT2D eigenvalue weighted by Crippen LogP contribution is 2.22. The first-order chi connectivity index (χ1) is 10.1. The number of halogens is 1. The summed E-state index contributed by atoms with van der Waals surface area (Å²) in [5, 5.41) is 6.11. The van der Waals surface area contributed by atoms with E-state index in [1.807, 2.05) is 0 Å². The highest BCUT2D eigenvalue weighted by molar-refractivity contribution is 5.91. The van der Waals surface area contributed by atoms with Crippen LogP contribution >= 0.6 is 0 Å². The number of carbonyl (C=O) groups excluding carboxylic acids is 1. The molecule has 116 valence electrons. The maximum atomic E-state index is 13.7. The van der Waals surface area contributed by atoms with Crippen molar-refractivity contribution in [3.8, 4) is 5.75 Å². The average Bonchev–Trinajstić information content (AvgIpc) is 2.44. The lowest BCUT2D eigenvalue weighted by Crippen LogP contribution is -2.42. The van der Waals surface area contributed by atoms with E-state index >= 15 is 0 Å². The zero-order chi connectivity index (χ0) is 15.2. The van der Waals surface area contributed by atoms with Gasteiger partial charge in [0.25, 0.3) is 0 Å². The van der Waals surface area contributed by atoms with E-state index in [-0.39, 0.29) is 17.7 Å². The number of rotatable bonds is 5. The second kappa shape index (κ2) is 7.41. The second-order valence-electron chi connectivity index (χ2n) is 5.51. The van der Waals surface area contributed by atoms with Gasteiger partial charge in [0.05, 0.1) is 6.61 Å². The molecule has 1 aromatic rings. The molecule has 2 N–H and O–H groups in total. The molecule has 0 radical (unpaired) electrons. The van der Waals surface area contributed by atoms with Gasteiger partial charge in [-0.05, 0) is 44.4 Å². The number of benzene rings is 1. The Kier molecular flexibility index (Phi) is 5.56. The van der Waals surface area contributed by atoms with Gasteiger partial charge in [0.15, 0.2) is 11.6 Å². The Balaban J connectivity index is 1.91. The average molecular weight is 294 g/mol. The smallest absolute Gasteiger partial charge is 0.225 e. The Morgan fingerprint density at radius 1 is 1.52 bits per heavy atom. The van der Waals surface area contributed by atoms with Gasteiger partial charge in [-0.2, -0.15) is 0 Å². The van der Waals surface area contributed by atoms with Crippen LogP contribution in [0.4, 0.5) is 10.1 Å². The van der Waals surface area contributed by atoms with Crippen molar-refractivity contribution in [3.63, 3.8) is 0 Å². The summed E-state index contributed by atoms with van der Waals surface area (Å²) in [7, 11) is 0. The monoisotopic (exact) mass is 294 g/mol. The Labute approximate surface area is 125 Å². The zero-order valence-electron chi connectivity index (χ0n) is 12.6. The molecule has 2 rings (SSSR count). The molecule has 1 aliphatic rings. The van der Waals surface area contributed by atoms with E-state index < -0.39 is 5.82 Å². The third kappa shape index (κ3) is 4.43. The van der Waals surface area contributed by atoms with Crippen molar-refractivity contribution >= 4 is 11.6 Å². The minimum atomic E-state index is -0.459. The number of nitrogens with one attached hydrogen (secondary N) is 2. The van der Waals surface area contributed by atoms with E-state index in [4.69, 9.17) is 4.74 Å². The topological polar surface area (TPSA) is 50.4 Å². The number of ether oxygens (including phenoxy) is 1. The maximum absolute atomic E-state index is 13.7. The Morgan fingerprint density at radius 2 is 2.33 bits per heavy atom. The van der Waals surface area contributed by atoms with Gasteiger partial charge in [0, 0.05) is 24.2 Å². The van der Waals surface area contributed by atoms with Crippen LogP contribution in [0.2, 0.25) is 0 Å². The number of hydrogen-bond donors (Lipinski definition) is 2. The lowest BCUT2D eigenvalue weighted by atomic mass is 9.90. The maximum Gasteiger partial charge on any atom is 0.225 e. The van der Waals surface area contributed by atoms with E-state index in [9.17, 15) is 9.18 Å². The third-order valence-electron chi connectivity index (χ3n) is 3.85. The fraction of sp³-hybridized carbons (Fsp3) is 0.562. The second-order valence-corrected chi connectivity index (χ2v) is 5.51. The van der Waals surface area contributed by atoms with E-state index in [0.717, 1.165) is 19.4 Å². The van der Waals surface area contributed by atoms with Crippen LogP contribution < -0.4 is 15.4 Å². The fourth-order valence-corrected chi connectivity index (χ4v) is 2.65. The molecule has 1 heterocycles. The summed E-state index contributed by atoms with van der Waals surface area (Å²) in [4.78, 5) is 12.0. The summed E-state index contributed by atoms with van der Waals surface area (Å²) < 4.78 is 18.9. The number of anilines is 1. The molecule has 2 unspecified atom stereocenters. The summed E-state index contributed by atoms with van der Waals surface area (Å²) in [5.74, 6) is 0.142. The first kappa shape index (κ1) is 15.8. The van der Waals surface area contributed by atoms with Gasteiger partial charge >= 0.3 is 0 Å². The molecule has 1 aliphatic heterocycles. The van der Waals surface area contributed by atoms with Crippen molar-refractivity contribution in [2.24, 2.45) is 5.92 Å². The van der Waals surface area contributed by atoms with Crippen LogP contribution in [0.3, 0.4) is 0 Å². The molecular formula is C16H23FN2O2. The van der Waals surface area contributed by atoms with Crippen molar-refractivity contribution in [1.82, 2.24) is 5.32 Å². The van der Waals surface area contributed by atoms with Gasteiger partial charge in [-0.3, -0.25) is 4.79 Å². The zero-order valence-corrected chi connectivity index (χ0v) is 12.6. The number of amides is 1. The molecule has 1 amide bonds. The molecule has 0 aromatic heterocycles. The molecule has 21 heavy (non-hydrogen) atoms. The van der Waals surface area contributed by atoms with E-state index in [1.165, 1.54) is 12.1 Å². The van der Waals surface area contributed by atoms with Gasteiger partial charge in [-0.25, -0.2) is 4.39 Å². The summed E-state index contributed by atoms with van der Waals surface area (Å²) in [6.45, 7) is 5.32. The van der Waals surface area contributed by atoms with Crippen LogP contribution in [0, 0.1) is 11.7 Å². The Hall–Kier alpha value is -1.62. The van der Waals surface area contributed by atoms with Crippen LogP contribution in [0.5, 0.6) is 5.75 Å². The first-order valence-electron chi connectivity index (χ1n) is 7.55. The minimum absolute atomic E-state index is 0.0928. The lowest BCUT2D eigenvalue weighted by molar-refractivity contribution is -0.117. The quantitative estimate of drug-likeness (QED) is 0.878. The lowest BCUT2D eigenvalue weighted by Gasteiger charge is -2.29. The molecule has 1 aromatic carbocycles. The predicted octanol–water partition coefficient (Wildman–Crippen LogP) is 2.94. The van der Waals surface area contributed by atoms with Crippen molar-refractivity contribution in [3.05, 3.63) is 24.0 Å². The van der Waals surface area contributed by atoms with Gasteiger partial charge < -0.3 is 15.4 Å². The van der Waals surface area contributed by atoms with E-state index in [2.05, 4.69) is 17.6 Å². The molecule has 0 aliphatic carbocycles. The molecule has 0 spiro atoms. The van der Waals surface area contributed by atoms with Crippen molar-refractivity contribution in [2.45, 2.75) is 39.2 Å². The number of hydrogen-bond acceptors (Lipinski definition) is 3. The van der Waals surface area contributed by atoms with Gasteiger partial charge in [-0.1, -0.05) is 6.92 Å². The summed E-state index contributed by atoms with van der Waals surface area (Å²) in [5.41, 5.74) is 0.462. The van der Waals surface area contributed by atoms with Crippen LogP contribution in [-0.4, -0.2) is 25.1 Å². The Morgan fingerprint density at radius 3 is 3.00 bits per heavy atom. The molecule has 1 saturated heterocycles. The van der Waals surface area contributed by atoms with Crippen LogP contribution in [0.15, 0.2) is 18.2 Å². The van der Waals surface area contributed by atoms with Crippen LogP contribution in [0.1, 0.15) is 33.1 Å². The molecule has 0 bridgehead atoms.